The van der Waals surface area contributed by atoms with Gasteiger partial charge in [-0.2, -0.15) is 5.10 Å². The number of hydrogen-bond acceptors (Lipinski definition) is 3. The first-order chi connectivity index (χ1) is 7.27. The van der Waals surface area contributed by atoms with Crippen LogP contribution in [0.15, 0.2) is 6.33 Å². The summed E-state index contributed by atoms with van der Waals surface area (Å²) in [5.74, 6) is 1.68. The Kier molecular flexibility index (Phi) is 5.32. The quantitative estimate of drug-likeness (QED) is 0.726. The highest BCUT2D eigenvalue weighted by Gasteiger charge is 2.16. The maximum absolute atomic E-state index is 4.22. The molecule has 0 saturated carbocycles. The van der Waals surface area contributed by atoms with Gasteiger partial charge in [0.2, 0.25) is 0 Å². The van der Waals surface area contributed by atoms with E-state index in [2.05, 4.69) is 41.3 Å². The van der Waals surface area contributed by atoms with Crippen LogP contribution in [0.4, 0.5) is 0 Å². The molecule has 0 aromatic carbocycles. The molecule has 86 valence electrons. The molecule has 0 aliphatic carbocycles. The minimum absolute atomic E-state index is 0.319. The number of aromatic amines is 1. The summed E-state index contributed by atoms with van der Waals surface area (Å²) in [6.07, 6.45) is 5.22. The second-order valence-electron chi connectivity index (χ2n) is 4.11. The van der Waals surface area contributed by atoms with Crippen molar-refractivity contribution < 1.29 is 0 Å². The molecular formula is C11H22N4. The molecule has 0 amide bonds. The molecule has 4 nitrogen and oxygen atoms in total. The number of H-pyrrole nitrogens is 1. The number of rotatable bonds is 7. The summed E-state index contributed by atoms with van der Waals surface area (Å²) in [5.41, 5.74) is 0. The Labute approximate surface area is 91.9 Å². The van der Waals surface area contributed by atoms with Crippen LogP contribution < -0.4 is 5.32 Å². The van der Waals surface area contributed by atoms with Gasteiger partial charge in [0, 0.05) is 0 Å². The molecule has 0 aliphatic heterocycles. The van der Waals surface area contributed by atoms with Crippen LogP contribution >= 0.6 is 0 Å². The lowest BCUT2D eigenvalue weighted by Crippen LogP contribution is -2.24. The molecule has 0 aliphatic rings. The molecule has 15 heavy (non-hydrogen) atoms. The van der Waals surface area contributed by atoms with Gasteiger partial charge in [0.25, 0.3) is 0 Å². The van der Waals surface area contributed by atoms with Gasteiger partial charge in [0.1, 0.15) is 12.2 Å². The Bertz CT molecular complexity index is 245. The molecule has 1 aromatic rings. The van der Waals surface area contributed by atoms with Crippen LogP contribution in [0, 0.1) is 5.92 Å². The summed E-state index contributed by atoms with van der Waals surface area (Å²) < 4.78 is 0. The molecule has 1 rings (SSSR count). The number of hydrogen-bond donors (Lipinski definition) is 2. The van der Waals surface area contributed by atoms with Crippen molar-refractivity contribution in [1.29, 1.82) is 0 Å². The third-order valence-corrected chi connectivity index (χ3v) is 2.63. The predicted molar refractivity (Wildman–Crippen MR) is 61.5 cm³/mol. The summed E-state index contributed by atoms with van der Waals surface area (Å²) in [6, 6.07) is 0.319. The van der Waals surface area contributed by atoms with Crippen LogP contribution in [0.1, 0.15) is 51.9 Å². The SMILES string of the molecule is CCCC(C)CC(NCC)c1ncn[nH]1. The molecule has 1 heterocycles. The lowest BCUT2D eigenvalue weighted by Gasteiger charge is -2.19. The highest BCUT2D eigenvalue weighted by atomic mass is 15.2. The highest BCUT2D eigenvalue weighted by molar-refractivity contribution is 4.91. The number of aromatic nitrogens is 3. The molecule has 0 bridgehead atoms. The summed E-state index contributed by atoms with van der Waals surface area (Å²) in [5, 5.41) is 10.3. The Morgan fingerprint density at radius 3 is 2.80 bits per heavy atom. The standard InChI is InChI=1S/C11H22N4/c1-4-6-9(3)7-10(12-5-2)11-13-8-14-15-11/h8-10,12H,4-7H2,1-3H3,(H,13,14,15). The molecule has 2 unspecified atom stereocenters. The lowest BCUT2D eigenvalue weighted by atomic mass is 9.97. The second kappa shape index (κ2) is 6.56. The summed E-state index contributed by atoms with van der Waals surface area (Å²) in [4.78, 5) is 4.22. The van der Waals surface area contributed by atoms with Crippen molar-refractivity contribution in [3.8, 4) is 0 Å². The van der Waals surface area contributed by atoms with E-state index in [9.17, 15) is 0 Å². The van der Waals surface area contributed by atoms with Crippen molar-refractivity contribution in [3.05, 3.63) is 12.2 Å². The number of nitrogens with one attached hydrogen (secondary N) is 2. The van der Waals surface area contributed by atoms with Crippen molar-refractivity contribution >= 4 is 0 Å². The van der Waals surface area contributed by atoms with Gasteiger partial charge in [-0.3, -0.25) is 5.10 Å². The molecule has 4 heteroatoms. The maximum atomic E-state index is 4.22. The smallest absolute Gasteiger partial charge is 0.141 e. The summed E-state index contributed by atoms with van der Waals surface area (Å²) >= 11 is 0. The van der Waals surface area contributed by atoms with Gasteiger partial charge in [-0.25, -0.2) is 4.98 Å². The fourth-order valence-electron chi connectivity index (χ4n) is 1.93. The molecule has 0 radical (unpaired) electrons. The maximum Gasteiger partial charge on any atom is 0.141 e. The van der Waals surface area contributed by atoms with Crippen LogP contribution in [0.3, 0.4) is 0 Å². The lowest BCUT2D eigenvalue weighted by molar-refractivity contribution is 0.384. The molecule has 0 spiro atoms. The van der Waals surface area contributed by atoms with Crippen molar-refractivity contribution in [3.63, 3.8) is 0 Å². The highest BCUT2D eigenvalue weighted by Crippen LogP contribution is 2.20. The van der Waals surface area contributed by atoms with E-state index in [0.717, 1.165) is 24.7 Å². The zero-order valence-electron chi connectivity index (χ0n) is 9.95. The van der Waals surface area contributed by atoms with Gasteiger partial charge in [-0.15, -0.1) is 0 Å². The molecular weight excluding hydrogens is 188 g/mol. The van der Waals surface area contributed by atoms with E-state index in [4.69, 9.17) is 0 Å². The Morgan fingerprint density at radius 1 is 1.47 bits per heavy atom. The second-order valence-corrected chi connectivity index (χ2v) is 4.11. The summed E-state index contributed by atoms with van der Waals surface area (Å²) in [6.45, 7) is 7.61. The van der Waals surface area contributed by atoms with Crippen molar-refractivity contribution in [1.82, 2.24) is 20.5 Å². The van der Waals surface area contributed by atoms with Gasteiger partial charge in [0.15, 0.2) is 0 Å². The van der Waals surface area contributed by atoms with Crippen LogP contribution in [0.5, 0.6) is 0 Å². The van der Waals surface area contributed by atoms with Crippen molar-refractivity contribution in [2.75, 3.05) is 6.54 Å². The van der Waals surface area contributed by atoms with E-state index in [1.165, 1.54) is 12.8 Å². The topological polar surface area (TPSA) is 53.6 Å². The fraction of sp³-hybridized carbons (Fsp3) is 0.818. The van der Waals surface area contributed by atoms with E-state index in [1.54, 1.807) is 6.33 Å². The molecule has 2 N–H and O–H groups in total. The van der Waals surface area contributed by atoms with E-state index in [-0.39, 0.29) is 0 Å². The van der Waals surface area contributed by atoms with E-state index in [1.807, 2.05) is 0 Å². The van der Waals surface area contributed by atoms with E-state index in [0.29, 0.717) is 6.04 Å². The molecule has 0 saturated heterocycles. The minimum atomic E-state index is 0.319. The molecule has 1 aromatic heterocycles. The van der Waals surface area contributed by atoms with Gasteiger partial charge in [-0.1, -0.05) is 33.6 Å². The van der Waals surface area contributed by atoms with E-state index < -0.39 is 0 Å². The predicted octanol–water partition coefficient (Wildman–Crippen LogP) is 2.28. The third kappa shape index (κ3) is 4.00. The Hall–Kier alpha value is -0.900. The van der Waals surface area contributed by atoms with Crippen molar-refractivity contribution in [2.45, 2.75) is 46.1 Å². The molecule has 2 atom stereocenters. The number of nitrogens with zero attached hydrogens (tertiary/aromatic N) is 2. The molecule has 0 fully saturated rings. The van der Waals surface area contributed by atoms with Crippen LogP contribution in [-0.2, 0) is 0 Å². The fourth-order valence-corrected chi connectivity index (χ4v) is 1.93. The van der Waals surface area contributed by atoms with Gasteiger partial charge in [-0.05, 0) is 18.9 Å². The van der Waals surface area contributed by atoms with Crippen LogP contribution in [-0.4, -0.2) is 21.7 Å². The van der Waals surface area contributed by atoms with E-state index >= 15 is 0 Å². The zero-order valence-corrected chi connectivity index (χ0v) is 9.95. The average Bonchev–Trinajstić information content (AvgIpc) is 2.70. The van der Waals surface area contributed by atoms with Crippen molar-refractivity contribution in [2.24, 2.45) is 5.92 Å². The summed E-state index contributed by atoms with van der Waals surface area (Å²) in [7, 11) is 0. The van der Waals surface area contributed by atoms with Crippen LogP contribution in [0.25, 0.3) is 0 Å². The zero-order chi connectivity index (χ0) is 11.1. The third-order valence-electron chi connectivity index (χ3n) is 2.63. The average molecular weight is 210 g/mol. The first-order valence-corrected chi connectivity index (χ1v) is 5.86. The normalized spacial score (nSPS) is 15.1. The minimum Gasteiger partial charge on any atom is -0.308 e. The first-order valence-electron chi connectivity index (χ1n) is 5.86. The Morgan fingerprint density at radius 2 is 2.27 bits per heavy atom. The van der Waals surface area contributed by atoms with Gasteiger partial charge < -0.3 is 5.32 Å². The first kappa shape index (κ1) is 12.2. The van der Waals surface area contributed by atoms with Gasteiger partial charge in [0.05, 0.1) is 6.04 Å². The van der Waals surface area contributed by atoms with Gasteiger partial charge >= 0.3 is 0 Å². The van der Waals surface area contributed by atoms with Crippen LogP contribution in [0.2, 0.25) is 0 Å². The largest absolute Gasteiger partial charge is 0.308 e. The monoisotopic (exact) mass is 210 g/mol. The Balaban J connectivity index is 2.51.